The smallest absolute Gasteiger partial charge is 0.321 e. The normalized spacial score (nSPS) is 13.1. The molecular weight excluding hydrogens is 270 g/mol. The van der Waals surface area contributed by atoms with Crippen molar-refractivity contribution >= 4 is 16.1 Å². The van der Waals surface area contributed by atoms with E-state index in [4.69, 9.17) is 15.4 Å². The lowest BCUT2D eigenvalue weighted by Crippen LogP contribution is -2.41. The molecule has 1 aromatic rings. The second-order valence-corrected chi connectivity index (χ2v) is 6.39. The van der Waals surface area contributed by atoms with Gasteiger partial charge >= 0.3 is 5.97 Å². The van der Waals surface area contributed by atoms with E-state index < -0.39 is 22.1 Å². The highest BCUT2D eigenvalue weighted by Gasteiger charge is 2.26. The van der Waals surface area contributed by atoms with E-state index in [0.717, 1.165) is 0 Å². The van der Waals surface area contributed by atoms with Gasteiger partial charge in [-0.15, -0.1) is 0 Å². The summed E-state index contributed by atoms with van der Waals surface area (Å²) in [6.07, 6.45) is 0. The molecule has 6 nitrogen and oxygen atoms in total. The third kappa shape index (κ3) is 6.90. The van der Waals surface area contributed by atoms with Crippen molar-refractivity contribution in [2.75, 3.05) is 0 Å². The van der Waals surface area contributed by atoms with Crippen LogP contribution in [0.2, 0.25) is 0 Å². The molecule has 0 bridgehead atoms. The molecule has 0 fully saturated rings. The van der Waals surface area contributed by atoms with Crippen LogP contribution >= 0.6 is 0 Å². The summed E-state index contributed by atoms with van der Waals surface area (Å²) in [5.74, 6) is -0.942. The topological polar surface area (TPSA) is 118 Å². The van der Waals surface area contributed by atoms with Gasteiger partial charge in [-0.3, -0.25) is 9.35 Å². The molecule has 0 saturated carbocycles. The lowest BCUT2D eigenvalue weighted by Gasteiger charge is -2.22. The minimum Gasteiger partial charge on any atom is -0.480 e. The predicted molar refractivity (Wildman–Crippen MR) is 71.3 cm³/mol. The molecule has 0 saturated heterocycles. The van der Waals surface area contributed by atoms with Crippen molar-refractivity contribution < 1.29 is 22.9 Å². The van der Waals surface area contributed by atoms with E-state index in [1.165, 1.54) is 12.1 Å². The highest BCUT2D eigenvalue weighted by Crippen LogP contribution is 2.16. The summed E-state index contributed by atoms with van der Waals surface area (Å²) >= 11 is 0. The maximum Gasteiger partial charge on any atom is 0.321 e. The number of hydrogen-bond donors (Lipinski definition) is 3. The Balaban J connectivity index is 0.000000344. The Morgan fingerprint density at radius 1 is 1.21 bits per heavy atom. The van der Waals surface area contributed by atoms with Crippen LogP contribution in [0.1, 0.15) is 20.8 Å². The standard InChI is InChI=1S/C6H13NO2.C6H6O3S/c1-6(2,3)4(7)5(8)9;7-10(8,9)6-4-2-1-3-5-6/h4H,7H2,1-3H3,(H,8,9);1-5H,(H,7,8,9)/t4-;/m1./s1. The molecule has 0 spiro atoms. The molecule has 0 unspecified atom stereocenters. The fraction of sp³-hybridized carbons (Fsp3) is 0.417. The predicted octanol–water partition coefficient (Wildman–Crippen LogP) is 1.38. The molecule has 0 aromatic heterocycles. The number of carboxylic acid groups (broad SMARTS) is 1. The summed E-state index contributed by atoms with van der Waals surface area (Å²) in [4.78, 5) is 10.1. The van der Waals surface area contributed by atoms with E-state index in [1.54, 1.807) is 39.0 Å². The van der Waals surface area contributed by atoms with Gasteiger partial charge in [0.05, 0.1) is 4.90 Å². The number of carbonyl (C=O) groups is 1. The first-order chi connectivity index (χ1) is 8.46. The number of hydrogen-bond acceptors (Lipinski definition) is 4. The van der Waals surface area contributed by atoms with Gasteiger partial charge in [-0.1, -0.05) is 39.0 Å². The van der Waals surface area contributed by atoms with E-state index in [0.29, 0.717) is 0 Å². The number of carboxylic acids is 1. The van der Waals surface area contributed by atoms with E-state index in [-0.39, 0.29) is 10.3 Å². The minimum absolute atomic E-state index is 0.0741. The third-order valence-corrected chi connectivity index (χ3v) is 3.11. The third-order valence-electron chi connectivity index (χ3n) is 2.24. The number of nitrogens with two attached hydrogens (primary N) is 1. The number of benzene rings is 1. The first-order valence-corrected chi connectivity index (χ1v) is 6.91. The van der Waals surface area contributed by atoms with Crippen LogP contribution < -0.4 is 5.73 Å². The summed E-state index contributed by atoms with van der Waals surface area (Å²) < 4.78 is 29.2. The summed E-state index contributed by atoms with van der Waals surface area (Å²) in [5.41, 5.74) is 4.95. The molecule has 0 aliphatic rings. The molecule has 1 rings (SSSR count). The van der Waals surface area contributed by atoms with E-state index in [1.807, 2.05) is 0 Å². The summed E-state index contributed by atoms with van der Waals surface area (Å²) in [6.45, 7) is 5.39. The molecule has 19 heavy (non-hydrogen) atoms. The zero-order valence-corrected chi connectivity index (χ0v) is 11.9. The molecule has 7 heteroatoms. The van der Waals surface area contributed by atoms with Crippen molar-refractivity contribution in [3.63, 3.8) is 0 Å². The van der Waals surface area contributed by atoms with Crippen molar-refractivity contribution in [2.45, 2.75) is 31.7 Å². The average molecular weight is 289 g/mol. The van der Waals surface area contributed by atoms with E-state index in [9.17, 15) is 13.2 Å². The summed E-state index contributed by atoms with van der Waals surface area (Å²) in [7, 11) is -4.00. The minimum atomic E-state index is -4.00. The number of rotatable bonds is 2. The molecule has 4 N–H and O–H groups in total. The Bertz CT molecular complexity index is 505. The molecule has 0 aliphatic carbocycles. The zero-order chi connectivity index (χ0) is 15.3. The monoisotopic (exact) mass is 289 g/mol. The van der Waals surface area contributed by atoms with E-state index in [2.05, 4.69) is 0 Å². The largest absolute Gasteiger partial charge is 0.480 e. The van der Waals surface area contributed by atoms with E-state index >= 15 is 0 Å². The van der Waals surface area contributed by atoms with Crippen LogP contribution in [0.25, 0.3) is 0 Å². The maximum atomic E-state index is 10.4. The highest BCUT2D eigenvalue weighted by atomic mass is 32.2. The molecule has 0 heterocycles. The lowest BCUT2D eigenvalue weighted by molar-refractivity contribution is -0.141. The Kier molecular flexibility index (Phi) is 6.14. The average Bonchev–Trinajstić information content (AvgIpc) is 2.27. The van der Waals surface area contributed by atoms with Crippen LogP contribution in [-0.2, 0) is 14.9 Å². The van der Waals surface area contributed by atoms with Gasteiger partial charge < -0.3 is 10.8 Å². The molecule has 0 amide bonds. The summed E-state index contributed by atoms with van der Waals surface area (Å²) in [5, 5.41) is 8.39. The van der Waals surface area contributed by atoms with Gasteiger partial charge in [-0.25, -0.2) is 0 Å². The van der Waals surface area contributed by atoms with Crippen LogP contribution in [0.3, 0.4) is 0 Å². The first kappa shape index (κ1) is 17.6. The highest BCUT2D eigenvalue weighted by molar-refractivity contribution is 7.85. The van der Waals surface area contributed by atoms with Crippen molar-refractivity contribution in [1.29, 1.82) is 0 Å². The van der Waals surface area contributed by atoms with Crippen molar-refractivity contribution in [1.82, 2.24) is 0 Å². The number of aliphatic carboxylic acids is 1. The Morgan fingerprint density at radius 2 is 1.63 bits per heavy atom. The second kappa shape index (κ2) is 6.65. The quantitative estimate of drug-likeness (QED) is 0.708. The lowest BCUT2D eigenvalue weighted by atomic mass is 9.88. The first-order valence-electron chi connectivity index (χ1n) is 5.47. The van der Waals surface area contributed by atoms with Gasteiger partial charge in [0.1, 0.15) is 6.04 Å². The SMILES string of the molecule is CC(C)(C)[C@H](N)C(=O)O.O=S(=O)(O)c1ccccc1. The van der Waals surface area contributed by atoms with Crippen LogP contribution in [0.5, 0.6) is 0 Å². The molecular formula is C12H19NO5S. The zero-order valence-electron chi connectivity index (χ0n) is 11.1. The van der Waals surface area contributed by atoms with Crippen LogP contribution in [-0.4, -0.2) is 30.1 Å². The molecule has 0 radical (unpaired) electrons. The van der Waals surface area contributed by atoms with Gasteiger partial charge in [-0.2, -0.15) is 8.42 Å². The molecule has 108 valence electrons. The molecule has 1 atom stereocenters. The molecule has 0 aliphatic heterocycles. The van der Waals surface area contributed by atoms with Gasteiger partial charge in [0, 0.05) is 0 Å². The van der Waals surface area contributed by atoms with Crippen molar-refractivity contribution in [3.05, 3.63) is 30.3 Å². The van der Waals surface area contributed by atoms with Crippen LogP contribution in [0.15, 0.2) is 35.2 Å². The Morgan fingerprint density at radius 3 is 1.79 bits per heavy atom. The van der Waals surface area contributed by atoms with Crippen LogP contribution in [0.4, 0.5) is 0 Å². The fourth-order valence-corrected chi connectivity index (χ4v) is 1.46. The van der Waals surface area contributed by atoms with Gasteiger partial charge in [0.25, 0.3) is 10.1 Å². The molecule has 1 aromatic carbocycles. The van der Waals surface area contributed by atoms with Crippen molar-refractivity contribution in [3.8, 4) is 0 Å². The maximum absolute atomic E-state index is 10.4. The van der Waals surface area contributed by atoms with Gasteiger partial charge in [0.15, 0.2) is 0 Å². The van der Waals surface area contributed by atoms with Crippen LogP contribution in [0, 0.1) is 5.41 Å². The Hall–Kier alpha value is -1.44. The van der Waals surface area contributed by atoms with Gasteiger partial charge in [-0.05, 0) is 17.5 Å². The summed E-state index contributed by atoms with van der Waals surface area (Å²) in [6, 6.07) is 6.66. The Labute approximate surface area is 113 Å². The second-order valence-electron chi connectivity index (χ2n) is 4.97. The fourth-order valence-electron chi connectivity index (χ4n) is 0.963. The van der Waals surface area contributed by atoms with Crippen molar-refractivity contribution in [2.24, 2.45) is 11.1 Å². The van der Waals surface area contributed by atoms with Gasteiger partial charge in [0.2, 0.25) is 0 Å².